The molecule has 0 amide bonds. The quantitative estimate of drug-likeness (QED) is 0.660. The third-order valence-electron chi connectivity index (χ3n) is 2.34. The summed E-state index contributed by atoms with van der Waals surface area (Å²) in [6, 6.07) is -1.48. The number of methoxy groups -OCH3 is 1. The lowest BCUT2D eigenvalue weighted by molar-refractivity contribution is -0.167. The van der Waals surface area contributed by atoms with Gasteiger partial charge in [0.1, 0.15) is 6.04 Å². The second kappa shape index (κ2) is 4.16. The van der Waals surface area contributed by atoms with Crippen molar-refractivity contribution in [3.05, 3.63) is 0 Å². The Hall–Kier alpha value is -0.780. The minimum absolute atomic E-state index is 0.0385. The van der Waals surface area contributed by atoms with E-state index in [0.29, 0.717) is 0 Å². The van der Waals surface area contributed by atoms with Crippen LogP contribution in [0.1, 0.15) is 12.8 Å². The minimum Gasteiger partial charge on any atom is -0.469 e. The van der Waals surface area contributed by atoms with Gasteiger partial charge >= 0.3 is 12.1 Å². The lowest BCUT2D eigenvalue weighted by Gasteiger charge is -2.29. The van der Waals surface area contributed by atoms with Crippen molar-refractivity contribution in [2.24, 2.45) is 5.92 Å². The van der Waals surface area contributed by atoms with Crippen LogP contribution in [-0.2, 0) is 9.53 Å². The van der Waals surface area contributed by atoms with Crippen LogP contribution in [0.2, 0.25) is 0 Å². The predicted octanol–water partition coefficient (Wildman–Crippen LogP) is 1.09. The molecule has 1 rings (SSSR count). The molecule has 14 heavy (non-hydrogen) atoms. The molecule has 6 heteroatoms. The van der Waals surface area contributed by atoms with E-state index < -0.39 is 24.1 Å². The van der Waals surface area contributed by atoms with Gasteiger partial charge in [0.15, 0.2) is 0 Å². The van der Waals surface area contributed by atoms with Crippen molar-refractivity contribution in [2.75, 3.05) is 13.7 Å². The fraction of sp³-hybridized carbons (Fsp3) is 0.875. The lowest BCUT2D eigenvalue weighted by atomic mass is 9.94. The predicted molar refractivity (Wildman–Crippen MR) is 42.6 cm³/mol. The van der Waals surface area contributed by atoms with Gasteiger partial charge in [-0.1, -0.05) is 0 Å². The maximum absolute atomic E-state index is 12.2. The first-order chi connectivity index (χ1) is 6.45. The van der Waals surface area contributed by atoms with Crippen LogP contribution in [0.25, 0.3) is 0 Å². The Morgan fingerprint density at radius 2 is 2.07 bits per heavy atom. The molecule has 0 aromatic carbocycles. The Bertz CT molecular complexity index is 209. The largest absolute Gasteiger partial charge is 0.469 e. The average Bonchev–Trinajstić information content (AvgIpc) is 2.15. The van der Waals surface area contributed by atoms with E-state index in [2.05, 4.69) is 10.1 Å². The molecule has 1 heterocycles. The number of esters is 1. The van der Waals surface area contributed by atoms with Gasteiger partial charge in [0.05, 0.1) is 13.0 Å². The Kier molecular flexibility index (Phi) is 3.36. The number of halogens is 3. The van der Waals surface area contributed by atoms with Crippen LogP contribution in [0.15, 0.2) is 0 Å². The molecule has 82 valence electrons. The summed E-state index contributed by atoms with van der Waals surface area (Å²) < 4.78 is 41.0. The van der Waals surface area contributed by atoms with Crippen molar-refractivity contribution >= 4 is 5.97 Å². The number of hydrogen-bond donors (Lipinski definition) is 1. The van der Waals surface area contributed by atoms with Crippen LogP contribution in [-0.4, -0.2) is 31.8 Å². The molecular weight excluding hydrogens is 199 g/mol. The van der Waals surface area contributed by atoms with Gasteiger partial charge in [-0.2, -0.15) is 13.2 Å². The van der Waals surface area contributed by atoms with E-state index in [1.165, 1.54) is 7.11 Å². The molecule has 0 bridgehead atoms. The summed E-state index contributed by atoms with van der Waals surface area (Å²) in [5.41, 5.74) is 0. The maximum atomic E-state index is 12.2. The highest BCUT2D eigenvalue weighted by atomic mass is 19.4. The van der Waals surface area contributed by atoms with Gasteiger partial charge in [0.25, 0.3) is 0 Å². The second-order valence-corrected chi connectivity index (χ2v) is 3.30. The van der Waals surface area contributed by atoms with Crippen molar-refractivity contribution < 1.29 is 22.7 Å². The van der Waals surface area contributed by atoms with E-state index in [0.717, 1.165) is 0 Å². The highest BCUT2D eigenvalue weighted by Crippen LogP contribution is 2.28. The zero-order valence-corrected chi connectivity index (χ0v) is 7.73. The molecule has 0 radical (unpaired) electrons. The highest BCUT2D eigenvalue weighted by molar-refractivity contribution is 5.72. The van der Waals surface area contributed by atoms with Crippen LogP contribution >= 0.6 is 0 Å². The van der Waals surface area contributed by atoms with Crippen LogP contribution in [0.5, 0.6) is 0 Å². The summed E-state index contributed by atoms with van der Waals surface area (Å²) in [7, 11) is 1.23. The Balaban J connectivity index is 2.43. The molecule has 0 aromatic rings. The zero-order valence-electron chi connectivity index (χ0n) is 7.73. The topological polar surface area (TPSA) is 38.3 Å². The highest BCUT2D eigenvalue weighted by Gasteiger charge is 2.42. The monoisotopic (exact) mass is 211 g/mol. The van der Waals surface area contributed by atoms with Gasteiger partial charge in [-0.05, 0) is 12.8 Å². The van der Waals surface area contributed by atoms with Gasteiger partial charge in [-0.15, -0.1) is 0 Å². The summed E-state index contributed by atoms with van der Waals surface area (Å²) in [6.07, 6.45) is -4.06. The number of piperidine rings is 1. The lowest BCUT2D eigenvalue weighted by Crippen LogP contribution is -2.49. The normalized spacial score (nSPS) is 28.6. The van der Waals surface area contributed by atoms with Crippen molar-refractivity contribution in [3.63, 3.8) is 0 Å². The molecule has 3 nitrogen and oxygen atoms in total. The molecule has 2 atom stereocenters. The van der Waals surface area contributed by atoms with E-state index in [4.69, 9.17) is 0 Å². The van der Waals surface area contributed by atoms with Crippen LogP contribution in [0, 0.1) is 5.92 Å². The number of nitrogens with one attached hydrogen (secondary N) is 1. The van der Waals surface area contributed by atoms with E-state index in [9.17, 15) is 18.0 Å². The molecular formula is C8H12F3NO2. The Morgan fingerprint density at radius 3 is 2.43 bits per heavy atom. The summed E-state index contributed by atoms with van der Waals surface area (Å²) in [4.78, 5) is 11.0. The van der Waals surface area contributed by atoms with Crippen molar-refractivity contribution in [1.29, 1.82) is 0 Å². The van der Waals surface area contributed by atoms with Gasteiger partial charge in [0.2, 0.25) is 0 Å². The first-order valence-corrected chi connectivity index (χ1v) is 4.33. The smallest absolute Gasteiger partial charge is 0.403 e. The molecule has 1 saturated heterocycles. The molecule has 0 aromatic heterocycles. The first-order valence-electron chi connectivity index (χ1n) is 4.33. The SMILES string of the molecule is COC(=O)[C@H]1CC[C@@H](C(F)(F)F)NC1. The van der Waals surface area contributed by atoms with E-state index in [1.807, 2.05) is 0 Å². The third kappa shape index (κ3) is 2.60. The summed E-state index contributed by atoms with van der Waals surface area (Å²) in [6.45, 7) is 0.0385. The van der Waals surface area contributed by atoms with Gasteiger partial charge < -0.3 is 10.1 Å². The second-order valence-electron chi connectivity index (χ2n) is 3.30. The average molecular weight is 211 g/mol. The zero-order chi connectivity index (χ0) is 10.8. The van der Waals surface area contributed by atoms with E-state index >= 15 is 0 Å². The molecule has 0 saturated carbocycles. The van der Waals surface area contributed by atoms with Gasteiger partial charge in [0, 0.05) is 6.54 Å². The molecule has 1 N–H and O–H groups in total. The Morgan fingerprint density at radius 1 is 1.43 bits per heavy atom. The molecule has 0 spiro atoms. The van der Waals surface area contributed by atoms with Crippen LogP contribution < -0.4 is 5.32 Å². The number of alkyl halides is 3. The molecule has 1 fully saturated rings. The number of carbonyl (C=O) groups is 1. The fourth-order valence-corrected chi connectivity index (χ4v) is 1.50. The molecule has 1 aliphatic rings. The number of rotatable bonds is 1. The number of hydrogen-bond acceptors (Lipinski definition) is 3. The fourth-order valence-electron chi connectivity index (χ4n) is 1.50. The van der Waals surface area contributed by atoms with Crippen molar-refractivity contribution in [1.82, 2.24) is 5.32 Å². The van der Waals surface area contributed by atoms with E-state index in [1.54, 1.807) is 0 Å². The summed E-state index contributed by atoms with van der Waals surface area (Å²) >= 11 is 0. The van der Waals surface area contributed by atoms with Crippen LogP contribution in [0.4, 0.5) is 13.2 Å². The summed E-state index contributed by atoms with van der Waals surface area (Å²) in [5, 5.41) is 2.30. The summed E-state index contributed by atoms with van der Waals surface area (Å²) in [5.74, 6) is -0.892. The number of ether oxygens (including phenoxy) is 1. The van der Waals surface area contributed by atoms with Crippen molar-refractivity contribution in [2.45, 2.75) is 25.1 Å². The van der Waals surface area contributed by atoms with Crippen molar-refractivity contribution in [3.8, 4) is 0 Å². The van der Waals surface area contributed by atoms with Crippen LogP contribution in [0.3, 0.4) is 0 Å². The molecule has 0 aliphatic carbocycles. The molecule has 0 unspecified atom stereocenters. The third-order valence-corrected chi connectivity index (χ3v) is 2.34. The standard InChI is InChI=1S/C8H12F3NO2/c1-14-7(13)5-2-3-6(12-4-5)8(9,10)11/h5-6,12H,2-4H2,1H3/t5-,6-/m0/s1. The van der Waals surface area contributed by atoms with Gasteiger partial charge in [-0.3, -0.25) is 4.79 Å². The first kappa shape index (κ1) is 11.3. The minimum atomic E-state index is -4.22. The van der Waals surface area contributed by atoms with Gasteiger partial charge in [-0.25, -0.2) is 0 Å². The van der Waals surface area contributed by atoms with E-state index in [-0.39, 0.29) is 19.4 Å². The number of carbonyl (C=O) groups excluding carboxylic acids is 1. The molecule has 1 aliphatic heterocycles. The Labute approximate surface area is 79.6 Å². The maximum Gasteiger partial charge on any atom is 0.403 e.